The van der Waals surface area contributed by atoms with Gasteiger partial charge in [0.1, 0.15) is 0 Å². The Bertz CT molecular complexity index is 337. The number of benzene rings is 1. The average molecular weight is 300 g/mol. The first kappa shape index (κ1) is 16.9. The molecular formula is C16H26ClNS. The molecule has 1 rings (SSSR count). The molecule has 0 heterocycles. The van der Waals surface area contributed by atoms with Crippen LogP contribution < -0.4 is 5.32 Å². The molecule has 108 valence electrons. The van der Waals surface area contributed by atoms with Crippen LogP contribution in [-0.2, 0) is 6.42 Å². The molecule has 1 aromatic carbocycles. The molecule has 0 aliphatic carbocycles. The molecule has 0 spiro atoms. The summed E-state index contributed by atoms with van der Waals surface area (Å²) in [5.74, 6) is 1.98. The third-order valence-corrected chi connectivity index (χ3v) is 4.16. The van der Waals surface area contributed by atoms with Gasteiger partial charge in [-0.25, -0.2) is 0 Å². The molecule has 1 nitrogen and oxygen atoms in total. The Morgan fingerprint density at radius 3 is 2.47 bits per heavy atom. The lowest BCUT2D eigenvalue weighted by atomic mass is 9.95. The number of hydrogen-bond acceptors (Lipinski definition) is 2. The van der Waals surface area contributed by atoms with Crippen molar-refractivity contribution in [1.82, 2.24) is 5.32 Å². The van der Waals surface area contributed by atoms with E-state index in [9.17, 15) is 0 Å². The van der Waals surface area contributed by atoms with Gasteiger partial charge in [0.15, 0.2) is 0 Å². The van der Waals surface area contributed by atoms with E-state index in [1.807, 2.05) is 23.9 Å². The topological polar surface area (TPSA) is 12.0 Å². The van der Waals surface area contributed by atoms with Crippen LogP contribution in [0.3, 0.4) is 0 Å². The van der Waals surface area contributed by atoms with Gasteiger partial charge in [-0.05, 0) is 61.4 Å². The molecule has 1 atom stereocenters. The SMILES string of the molecule is CSCCCC(CNC(C)C)Cc1ccc(Cl)cc1. The highest BCUT2D eigenvalue weighted by atomic mass is 35.5. The lowest BCUT2D eigenvalue weighted by Gasteiger charge is -2.19. The molecular weight excluding hydrogens is 274 g/mol. The summed E-state index contributed by atoms with van der Waals surface area (Å²) in [6, 6.07) is 8.85. The Morgan fingerprint density at radius 2 is 1.89 bits per heavy atom. The summed E-state index contributed by atoms with van der Waals surface area (Å²) in [4.78, 5) is 0. The van der Waals surface area contributed by atoms with Gasteiger partial charge < -0.3 is 5.32 Å². The van der Waals surface area contributed by atoms with Crippen molar-refractivity contribution >= 4 is 23.4 Å². The van der Waals surface area contributed by atoms with E-state index in [4.69, 9.17) is 11.6 Å². The lowest BCUT2D eigenvalue weighted by Crippen LogP contribution is -2.30. The fraction of sp³-hybridized carbons (Fsp3) is 0.625. The van der Waals surface area contributed by atoms with Crippen molar-refractivity contribution in [2.24, 2.45) is 5.92 Å². The summed E-state index contributed by atoms with van der Waals surface area (Å²) >= 11 is 7.88. The van der Waals surface area contributed by atoms with Gasteiger partial charge in [-0.15, -0.1) is 0 Å². The average Bonchev–Trinajstić information content (AvgIpc) is 2.38. The molecule has 0 radical (unpaired) electrons. The Labute approximate surface area is 127 Å². The number of thioether (sulfide) groups is 1. The maximum atomic E-state index is 5.94. The van der Waals surface area contributed by atoms with Gasteiger partial charge in [0, 0.05) is 11.1 Å². The fourth-order valence-corrected chi connectivity index (χ4v) is 2.73. The minimum absolute atomic E-state index is 0.563. The van der Waals surface area contributed by atoms with E-state index >= 15 is 0 Å². The second-order valence-electron chi connectivity index (χ2n) is 5.39. The Kier molecular flexibility index (Phi) is 8.60. The van der Waals surface area contributed by atoms with E-state index in [2.05, 4.69) is 37.6 Å². The van der Waals surface area contributed by atoms with E-state index in [-0.39, 0.29) is 0 Å². The van der Waals surface area contributed by atoms with Crippen LogP contribution in [0.2, 0.25) is 5.02 Å². The maximum Gasteiger partial charge on any atom is 0.0406 e. The minimum atomic E-state index is 0.563. The third kappa shape index (κ3) is 7.86. The van der Waals surface area contributed by atoms with Crippen LogP contribution in [0.15, 0.2) is 24.3 Å². The number of hydrogen-bond donors (Lipinski definition) is 1. The van der Waals surface area contributed by atoms with Crippen molar-refractivity contribution in [3.8, 4) is 0 Å². The normalized spacial score (nSPS) is 12.9. The Balaban J connectivity index is 2.48. The quantitative estimate of drug-likeness (QED) is 0.667. The van der Waals surface area contributed by atoms with Crippen molar-refractivity contribution in [3.63, 3.8) is 0 Å². The zero-order chi connectivity index (χ0) is 14.1. The smallest absolute Gasteiger partial charge is 0.0406 e. The number of nitrogens with one attached hydrogen (secondary N) is 1. The first-order valence-corrected chi connectivity index (χ1v) is 8.85. The van der Waals surface area contributed by atoms with Gasteiger partial charge in [-0.2, -0.15) is 11.8 Å². The van der Waals surface area contributed by atoms with Gasteiger partial charge in [0.2, 0.25) is 0 Å². The summed E-state index contributed by atoms with van der Waals surface area (Å²) in [5, 5.41) is 4.39. The molecule has 0 saturated heterocycles. The molecule has 0 amide bonds. The molecule has 19 heavy (non-hydrogen) atoms. The first-order chi connectivity index (χ1) is 9.11. The van der Waals surface area contributed by atoms with E-state index in [0.29, 0.717) is 6.04 Å². The second kappa shape index (κ2) is 9.68. The van der Waals surface area contributed by atoms with E-state index < -0.39 is 0 Å². The molecule has 1 N–H and O–H groups in total. The molecule has 0 fully saturated rings. The Hall–Kier alpha value is -0.180. The van der Waals surface area contributed by atoms with Crippen molar-refractivity contribution in [2.45, 2.75) is 39.2 Å². The van der Waals surface area contributed by atoms with Crippen LogP contribution in [0.4, 0.5) is 0 Å². The monoisotopic (exact) mass is 299 g/mol. The number of rotatable bonds is 9. The third-order valence-electron chi connectivity index (χ3n) is 3.21. The van der Waals surface area contributed by atoms with Crippen LogP contribution in [0.5, 0.6) is 0 Å². The molecule has 1 unspecified atom stereocenters. The zero-order valence-corrected chi connectivity index (χ0v) is 13.9. The molecule has 0 aromatic heterocycles. The standard InChI is InChI=1S/C16H26ClNS/c1-13(2)18-12-15(5-4-10-19-3)11-14-6-8-16(17)9-7-14/h6-9,13,15,18H,4-5,10-12H2,1-3H3. The molecule has 3 heteroatoms. The highest BCUT2D eigenvalue weighted by Crippen LogP contribution is 2.17. The van der Waals surface area contributed by atoms with Crippen LogP contribution in [0, 0.1) is 5.92 Å². The highest BCUT2D eigenvalue weighted by molar-refractivity contribution is 7.98. The van der Waals surface area contributed by atoms with Gasteiger partial charge >= 0.3 is 0 Å². The van der Waals surface area contributed by atoms with Gasteiger partial charge in [-0.3, -0.25) is 0 Å². The fourth-order valence-electron chi connectivity index (χ4n) is 2.15. The predicted molar refractivity (Wildman–Crippen MR) is 89.4 cm³/mol. The Morgan fingerprint density at radius 1 is 1.21 bits per heavy atom. The van der Waals surface area contributed by atoms with Gasteiger partial charge in [0.25, 0.3) is 0 Å². The minimum Gasteiger partial charge on any atom is -0.314 e. The van der Waals surface area contributed by atoms with Crippen LogP contribution >= 0.6 is 23.4 Å². The van der Waals surface area contributed by atoms with E-state index in [1.54, 1.807) is 0 Å². The van der Waals surface area contributed by atoms with Crippen molar-refractivity contribution in [1.29, 1.82) is 0 Å². The molecule has 0 aliphatic rings. The van der Waals surface area contributed by atoms with Crippen LogP contribution in [0.1, 0.15) is 32.3 Å². The molecule has 0 saturated carbocycles. The first-order valence-electron chi connectivity index (χ1n) is 7.08. The van der Waals surface area contributed by atoms with Crippen molar-refractivity contribution < 1.29 is 0 Å². The second-order valence-corrected chi connectivity index (χ2v) is 6.82. The van der Waals surface area contributed by atoms with Crippen LogP contribution in [-0.4, -0.2) is 24.6 Å². The van der Waals surface area contributed by atoms with E-state index in [1.165, 1.54) is 24.2 Å². The number of halogens is 1. The molecule has 0 bridgehead atoms. The summed E-state index contributed by atoms with van der Waals surface area (Å²) in [6.07, 6.45) is 5.92. The summed E-state index contributed by atoms with van der Waals surface area (Å²) in [7, 11) is 0. The zero-order valence-electron chi connectivity index (χ0n) is 12.3. The van der Waals surface area contributed by atoms with Crippen molar-refractivity contribution in [3.05, 3.63) is 34.9 Å². The van der Waals surface area contributed by atoms with Crippen LogP contribution in [0.25, 0.3) is 0 Å². The van der Waals surface area contributed by atoms with Crippen molar-refractivity contribution in [2.75, 3.05) is 18.6 Å². The predicted octanol–water partition coefficient (Wildman–Crippen LogP) is 4.64. The van der Waals surface area contributed by atoms with Gasteiger partial charge in [0.05, 0.1) is 0 Å². The summed E-state index contributed by atoms with van der Waals surface area (Å²) in [6.45, 7) is 5.52. The maximum absolute atomic E-state index is 5.94. The summed E-state index contributed by atoms with van der Waals surface area (Å²) in [5.41, 5.74) is 1.39. The van der Waals surface area contributed by atoms with E-state index in [0.717, 1.165) is 23.9 Å². The lowest BCUT2D eigenvalue weighted by molar-refractivity contribution is 0.419. The summed E-state index contributed by atoms with van der Waals surface area (Å²) < 4.78 is 0. The largest absolute Gasteiger partial charge is 0.314 e. The molecule has 1 aromatic rings. The molecule has 0 aliphatic heterocycles. The highest BCUT2D eigenvalue weighted by Gasteiger charge is 2.10. The van der Waals surface area contributed by atoms with Gasteiger partial charge in [-0.1, -0.05) is 37.6 Å².